The maximum Gasteiger partial charge on any atom is 0.219 e. The summed E-state index contributed by atoms with van der Waals surface area (Å²) in [6.45, 7) is 12.1. The van der Waals surface area contributed by atoms with E-state index in [1.165, 1.54) is 44.3 Å². The minimum absolute atomic E-state index is 0.178. The van der Waals surface area contributed by atoms with Crippen LogP contribution in [0, 0.1) is 17.8 Å². The molecule has 1 aliphatic rings. The van der Waals surface area contributed by atoms with Crippen molar-refractivity contribution in [2.75, 3.05) is 58.5 Å². The second-order valence-electron chi connectivity index (χ2n) is 9.66. The minimum atomic E-state index is 0.178. The molecule has 6 nitrogen and oxygen atoms in total. The molecule has 0 aromatic rings. The SMILES string of the molecule is CCCC[C@@H]1[C@H](CCCCC(=O)NCCCOCCOCCOCCCN)SC[C@@H]1C(C)CC. The normalized spacial score (nSPS) is 21.1. The maximum absolute atomic E-state index is 12.1. The van der Waals surface area contributed by atoms with Gasteiger partial charge in [0.2, 0.25) is 5.91 Å². The molecule has 1 fully saturated rings. The van der Waals surface area contributed by atoms with Crippen LogP contribution in [0.3, 0.4) is 0 Å². The molecule has 1 amide bonds. The number of rotatable bonds is 23. The van der Waals surface area contributed by atoms with E-state index in [1.54, 1.807) is 0 Å². The summed E-state index contributed by atoms with van der Waals surface area (Å²) < 4.78 is 16.4. The second kappa shape index (κ2) is 21.9. The van der Waals surface area contributed by atoms with Crippen molar-refractivity contribution in [3.63, 3.8) is 0 Å². The zero-order valence-corrected chi connectivity index (χ0v) is 23.2. The van der Waals surface area contributed by atoms with Crippen LogP contribution in [0.2, 0.25) is 0 Å². The highest BCUT2D eigenvalue weighted by Gasteiger charge is 2.37. The van der Waals surface area contributed by atoms with E-state index in [-0.39, 0.29) is 5.91 Å². The van der Waals surface area contributed by atoms with E-state index in [0.29, 0.717) is 59.2 Å². The number of thioether (sulfide) groups is 1. The molecule has 7 heteroatoms. The first-order valence-corrected chi connectivity index (χ1v) is 15.0. The number of nitrogens with one attached hydrogen (secondary N) is 1. The van der Waals surface area contributed by atoms with Crippen molar-refractivity contribution in [2.24, 2.45) is 23.5 Å². The Kier molecular flexibility index (Phi) is 20.4. The van der Waals surface area contributed by atoms with Crippen molar-refractivity contribution in [3.05, 3.63) is 0 Å². The predicted molar refractivity (Wildman–Crippen MR) is 144 cm³/mol. The highest BCUT2D eigenvalue weighted by atomic mass is 32.2. The fourth-order valence-corrected chi connectivity index (χ4v) is 6.60. The molecule has 3 N–H and O–H groups in total. The molecule has 1 aliphatic heterocycles. The molecule has 1 unspecified atom stereocenters. The summed E-state index contributed by atoms with van der Waals surface area (Å²) in [4.78, 5) is 12.1. The number of hydrogen-bond donors (Lipinski definition) is 2. The van der Waals surface area contributed by atoms with Crippen molar-refractivity contribution in [1.82, 2.24) is 5.32 Å². The zero-order chi connectivity index (χ0) is 24.9. The molecule has 0 aromatic carbocycles. The van der Waals surface area contributed by atoms with E-state index in [2.05, 4.69) is 37.8 Å². The van der Waals surface area contributed by atoms with Gasteiger partial charge in [0, 0.05) is 31.4 Å². The zero-order valence-electron chi connectivity index (χ0n) is 22.4. The van der Waals surface area contributed by atoms with E-state index in [0.717, 1.165) is 42.3 Å². The predicted octanol–water partition coefficient (Wildman–Crippen LogP) is 5.04. The van der Waals surface area contributed by atoms with E-state index in [9.17, 15) is 4.79 Å². The van der Waals surface area contributed by atoms with Crippen LogP contribution < -0.4 is 11.1 Å². The Labute approximate surface area is 214 Å². The third kappa shape index (κ3) is 14.9. The van der Waals surface area contributed by atoms with Crippen molar-refractivity contribution in [1.29, 1.82) is 0 Å². The summed E-state index contributed by atoms with van der Waals surface area (Å²) in [5, 5.41) is 3.84. The van der Waals surface area contributed by atoms with Crippen LogP contribution in [0.5, 0.6) is 0 Å². The average molecular weight is 503 g/mol. The van der Waals surface area contributed by atoms with Gasteiger partial charge in [0.25, 0.3) is 0 Å². The van der Waals surface area contributed by atoms with Crippen molar-refractivity contribution >= 4 is 17.7 Å². The van der Waals surface area contributed by atoms with Gasteiger partial charge in [-0.25, -0.2) is 0 Å². The lowest BCUT2D eigenvalue weighted by molar-refractivity contribution is -0.121. The Morgan fingerprint density at radius 2 is 1.62 bits per heavy atom. The Morgan fingerprint density at radius 3 is 2.26 bits per heavy atom. The first-order valence-electron chi connectivity index (χ1n) is 14.0. The van der Waals surface area contributed by atoms with Crippen LogP contribution >= 0.6 is 11.8 Å². The monoisotopic (exact) mass is 502 g/mol. The summed E-state index contributed by atoms with van der Waals surface area (Å²) in [6, 6.07) is 0. The Balaban J connectivity index is 1.98. The standard InChI is InChI=1S/C27H54N2O4S/c1-4-6-11-24-25(23(3)5-2)22-34-26(24)12-7-8-13-27(30)29-15-10-17-32-19-21-33-20-18-31-16-9-14-28/h23-26H,4-22,28H2,1-3H3,(H,29,30)/t23?,24-,25+,26-/m0/s1. The molecular formula is C27H54N2O4S. The Bertz CT molecular complexity index is 484. The number of unbranched alkanes of at least 4 members (excludes halogenated alkanes) is 2. The molecule has 34 heavy (non-hydrogen) atoms. The molecule has 0 bridgehead atoms. The van der Waals surface area contributed by atoms with Crippen LogP contribution in [0.15, 0.2) is 0 Å². The third-order valence-corrected chi connectivity index (χ3v) is 8.55. The number of amides is 1. The molecule has 4 atom stereocenters. The molecule has 1 heterocycles. The van der Waals surface area contributed by atoms with Crippen molar-refractivity contribution in [3.8, 4) is 0 Å². The van der Waals surface area contributed by atoms with Crippen molar-refractivity contribution in [2.45, 2.75) is 90.2 Å². The van der Waals surface area contributed by atoms with Gasteiger partial charge in [-0.3, -0.25) is 4.79 Å². The fourth-order valence-electron chi connectivity index (χ4n) is 4.63. The summed E-state index contributed by atoms with van der Waals surface area (Å²) >= 11 is 2.21. The topological polar surface area (TPSA) is 82.8 Å². The number of nitrogens with two attached hydrogens (primary N) is 1. The number of hydrogen-bond acceptors (Lipinski definition) is 6. The number of ether oxygens (including phenoxy) is 3. The molecule has 0 saturated carbocycles. The quantitative estimate of drug-likeness (QED) is 0.191. The van der Waals surface area contributed by atoms with Crippen LogP contribution in [-0.4, -0.2) is 69.6 Å². The Hall–Kier alpha value is -0.340. The fraction of sp³-hybridized carbons (Fsp3) is 0.963. The van der Waals surface area contributed by atoms with Gasteiger partial charge in [0.05, 0.1) is 26.4 Å². The van der Waals surface area contributed by atoms with Gasteiger partial charge in [-0.15, -0.1) is 0 Å². The van der Waals surface area contributed by atoms with Gasteiger partial charge >= 0.3 is 0 Å². The van der Waals surface area contributed by atoms with Gasteiger partial charge in [-0.05, 0) is 62.2 Å². The smallest absolute Gasteiger partial charge is 0.219 e. The first-order chi connectivity index (χ1) is 16.6. The summed E-state index contributed by atoms with van der Waals surface area (Å²) in [5.41, 5.74) is 5.40. The third-order valence-electron chi connectivity index (χ3n) is 6.96. The van der Waals surface area contributed by atoms with Gasteiger partial charge in [0.1, 0.15) is 0 Å². The van der Waals surface area contributed by atoms with Crippen LogP contribution in [0.25, 0.3) is 0 Å². The van der Waals surface area contributed by atoms with Crippen LogP contribution in [-0.2, 0) is 19.0 Å². The lowest BCUT2D eigenvalue weighted by Gasteiger charge is -2.28. The van der Waals surface area contributed by atoms with E-state index in [1.807, 2.05) is 0 Å². The molecule has 0 aromatic heterocycles. The van der Waals surface area contributed by atoms with E-state index < -0.39 is 0 Å². The second-order valence-corrected chi connectivity index (χ2v) is 10.9. The summed E-state index contributed by atoms with van der Waals surface area (Å²) in [7, 11) is 0. The van der Waals surface area contributed by atoms with E-state index >= 15 is 0 Å². The first kappa shape index (κ1) is 31.7. The van der Waals surface area contributed by atoms with Crippen LogP contribution in [0.4, 0.5) is 0 Å². The van der Waals surface area contributed by atoms with E-state index in [4.69, 9.17) is 19.9 Å². The van der Waals surface area contributed by atoms with Gasteiger partial charge in [-0.1, -0.05) is 46.5 Å². The lowest BCUT2D eigenvalue weighted by Crippen LogP contribution is -2.25. The average Bonchev–Trinajstić information content (AvgIpc) is 3.25. The molecule has 0 aliphatic carbocycles. The molecule has 1 rings (SSSR count). The van der Waals surface area contributed by atoms with Gasteiger partial charge in [0.15, 0.2) is 0 Å². The lowest BCUT2D eigenvalue weighted by atomic mass is 9.77. The van der Waals surface area contributed by atoms with Gasteiger partial charge < -0.3 is 25.3 Å². The van der Waals surface area contributed by atoms with Crippen molar-refractivity contribution < 1.29 is 19.0 Å². The maximum atomic E-state index is 12.1. The highest BCUT2D eigenvalue weighted by Crippen LogP contribution is 2.46. The number of carbonyl (C=O) groups excluding carboxylic acids is 1. The largest absolute Gasteiger partial charge is 0.379 e. The van der Waals surface area contributed by atoms with Crippen LogP contribution in [0.1, 0.15) is 85.0 Å². The Morgan fingerprint density at radius 1 is 0.941 bits per heavy atom. The number of carbonyl (C=O) groups is 1. The molecule has 0 spiro atoms. The molecule has 202 valence electrons. The molecule has 0 radical (unpaired) electrons. The van der Waals surface area contributed by atoms with Gasteiger partial charge in [-0.2, -0.15) is 11.8 Å². The summed E-state index contributed by atoms with van der Waals surface area (Å²) in [6.07, 6.45) is 11.2. The minimum Gasteiger partial charge on any atom is -0.379 e. The molecule has 1 saturated heterocycles. The molecular weight excluding hydrogens is 448 g/mol. The highest BCUT2D eigenvalue weighted by molar-refractivity contribution is 8.00. The summed E-state index contributed by atoms with van der Waals surface area (Å²) in [5.74, 6) is 4.13.